The molecule has 96 valence electrons. The van der Waals surface area contributed by atoms with Crippen LogP contribution >= 0.6 is 24.8 Å². The van der Waals surface area contributed by atoms with Gasteiger partial charge in [-0.3, -0.25) is 4.79 Å². The third-order valence-electron chi connectivity index (χ3n) is 2.65. The third-order valence-corrected chi connectivity index (χ3v) is 2.65. The van der Waals surface area contributed by atoms with Gasteiger partial charge in [-0.1, -0.05) is 0 Å². The molecule has 1 aliphatic heterocycles. The maximum atomic E-state index is 11.1. The molecular formula is C12H17Cl2NO2. The number of morpholine rings is 1. The lowest BCUT2D eigenvalue weighted by atomic mass is 10.1. The minimum atomic E-state index is 0. The molecule has 1 saturated heterocycles. The molecule has 0 unspecified atom stereocenters. The molecule has 1 aromatic rings. The van der Waals surface area contributed by atoms with Crippen molar-refractivity contribution >= 4 is 36.3 Å². The fourth-order valence-corrected chi connectivity index (χ4v) is 1.73. The molecule has 0 amide bonds. The van der Waals surface area contributed by atoms with Crippen LogP contribution in [0.2, 0.25) is 0 Å². The van der Waals surface area contributed by atoms with Crippen molar-refractivity contribution in [1.82, 2.24) is 0 Å². The zero-order valence-electron chi connectivity index (χ0n) is 9.72. The molecule has 1 fully saturated rings. The second-order valence-electron chi connectivity index (χ2n) is 3.70. The van der Waals surface area contributed by atoms with E-state index in [4.69, 9.17) is 4.74 Å². The fourth-order valence-electron chi connectivity index (χ4n) is 1.73. The lowest BCUT2D eigenvalue weighted by Crippen LogP contribution is -2.36. The van der Waals surface area contributed by atoms with Crippen LogP contribution in [0.25, 0.3) is 0 Å². The van der Waals surface area contributed by atoms with Crippen molar-refractivity contribution in [2.45, 2.75) is 6.92 Å². The monoisotopic (exact) mass is 277 g/mol. The molecule has 0 spiro atoms. The highest BCUT2D eigenvalue weighted by Crippen LogP contribution is 2.16. The van der Waals surface area contributed by atoms with E-state index in [1.54, 1.807) is 6.92 Å². The van der Waals surface area contributed by atoms with Crippen molar-refractivity contribution in [3.63, 3.8) is 0 Å². The number of carbonyl (C=O) groups excluding carboxylic acids is 1. The van der Waals surface area contributed by atoms with Gasteiger partial charge in [0.1, 0.15) is 0 Å². The number of nitrogens with zero attached hydrogens (tertiary/aromatic N) is 1. The quantitative estimate of drug-likeness (QED) is 0.779. The van der Waals surface area contributed by atoms with Gasteiger partial charge in [0.2, 0.25) is 0 Å². The van der Waals surface area contributed by atoms with Gasteiger partial charge >= 0.3 is 0 Å². The van der Waals surface area contributed by atoms with Crippen LogP contribution in [-0.2, 0) is 4.74 Å². The van der Waals surface area contributed by atoms with Gasteiger partial charge in [0.15, 0.2) is 5.78 Å². The van der Waals surface area contributed by atoms with E-state index in [0.717, 1.165) is 31.9 Å². The first-order valence-corrected chi connectivity index (χ1v) is 5.21. The van der Waals surface area contributed by atoms with E-state index in [1.807, 2.05) is 24.3 Å². The number of rotatable bonds is 2. The third kappa shape index (κ3) is 4.19. The van der Waals surface area contributed by atoms with Crippen LogP contribution in [0.15, 0.2) is 24.3 Å². The predicted octanol–water partition coefficient (Wildman–Crippen LogP) is 2.57. The number of halogens is 2. The smallest absolute Gasteiger partial charge is 0.159 e. The fraction of sp³-hybridized carbons (Fsp3) is 0.417. The lowest BCUT2D eigenvalue weighted by Gasteiger charge is -2.28. The summed E-state index contributed by atoms with van der Waals surface area (Å²) in [6.45, 7) is 5.02. The topological polar surface area (TPSA) is 29.5 Å². The second-order valence-corrected chi connectivity index (χ2v) is 3.70. The Kier molecular flexibility index (Phi) is 7.19. The average molecular weight is 278 g/mol. The molecule has 1 aromatic carbocycles. The highest BCUT2D eigenvalue weighted by atomic mass is 35.5. The lowest BCUT2D eigenvalue weighted by molar-refractivity contribution is 0.101. The van der Waals surface area contributed by atoms with Crippen molar-refractivity contribution < 1.29 is 9.53 Å². The molecule has 0 N–H and O–H groups in total. The van der Waals surface area contributed by atoms with Crippen molar-refractivity contribution in [1.29, 1.82) is 0 Å². The summed E-state index contributed by atoms with van der Waals surface area (Å²) in [5.74, 6) is 0.114. The maximum Gasteiger partial charge on any atom is 0.159 e. The van der Waals surface area contributed by atoms with Crippen molar-refractivity contribution in [2.24, 2.45) is 0 Å². The van der Waals surface area contributed by atoms with E-state index < -0.39 is 0 Å². The molecule has 1 aliphatic rings. The van der Waals surface area contributed by atoms with Gasteiger partial charge in [-0.15, -0.1) is 24.8 Å². The SMILES string of the molecule is CC(=O)c1ccc(N2CCOCC2)cc1.Cl.Cl. The van der Waals surface area contributed by atoms with E-state index in [-0.39, 0.29) is 30.6 Å². The van der Waals surface area contributed by atoms with E-state index in [1.165, 1.54) is 5.69 Å². The first-order valence-electron chi connectivity index (χ1n) is 5.21. The van der Waals surface area contributed by atoms with Crippen LogP contribution in [0.5, 0.6) is 0 Å². The first-order chi connectivity index (χ1) is 7.27. The van der Waals surface area contributed by atoms with Gasteiger partial charge in [-0.2, -0.15) is 0 Å². The Morgan fingerprint density at radius 3 is 2.12 bits per heavy atom. The molecule has 0 aromatic heterocycles. The Morgan fingerprint density at radius 1 is 1.12 bits per heavy atom. The summed E-state index contributed by atoms with van der Waals surface area (Å²) in [7, 11) is 0. The molecular weight excluding hydrogens is 261 g/mol. The van der Waals surface area contributed by atoms with Gasteiger partial charge in [0.05, 0.1) is 13.2 Å². The number of ketones is 1. The number of Topliss-reactive ketones (excluding diaryl/α,β-unsaturated/α-hetero) is 1. The van der Waals surface area contributed by atoms with Crippen LogP contribution in [0, 0.1) is 0 Å². The number of hydrogen-bond acceptors (Lipinski definition) is 3. The van der Waals surface area contributed by atoms with Gasteiger partial charge in [0, 0.05) is 24.3 Å². The summed E-state index contributed by atoms with van der Waals surface area (Å²) in [4.78, 5) is 13.4. The highest BCUT2D eigenvalue weighted by Gasteiger charge is 2.10. The predicted molar refractivity (Wildman–Crippen MR) is 74.0 cm³/mol. The van der Waals surface area contributed by atoms with Crippen LogP contribution in [-0.4, -0.2) is 32.1 Å². The Morgan fingerprint density at radius 2 is 1.65 bits per heavy atom. The summed E-state index contributed by atoms with van der Waals surface area (Å²) in [5, 5.41) is 0. The molecule has 0 aliphatic carbocycles. The summed E-state index contributed by atoms with van der Waals surface area (Å²) >= 11 is 0. The Labute approximate surface area is 114 Å². The Balaban J connectivity index is 0.00000128. The normalized spacial score (nSPS) is 14.5. The highest BCUT2D eigenvalue weighted by molar-refractivity contribution is 5.94. The van der Waals surface area contributed by atoms with Gasteiger partial charge in [-0.25, -0.2) is 0 Å². The summed E-state index contributed by atoms with van der Waals surface area (Å²) < 4.78 is 5.29. The number of benzene rings is 1. The standard InChI is InChI=1S/C12H15NO2.2ClH/c1-10(14)11-2-4-12(5-3-11)13-6-8-15-9-7-13;;/h2-5H,6-9H2,1H3;2*1H. The summed E-state index contributed by atoms with van der Waals surface area (Å²) in [6, 6.07) is 7.77. The average Bonchev–Trinajstić information content (AvgIpc) is 2.30. The molecule has 2 rings (SSSR count). The van der Waals surface area contributed by atoms with Crippen molar-refractivity contribution in [3.05, 3.63) is 29.8 Å². The summed E-state index contributed by atoms with van der Waals surface area (Å²) in [5.41, 5.74) is 1.94. The minimum absolute atomic E-state index is 0. The maximum absolute atomic E-state index is 11.1. The van der Waals surface area contributed by atoms with E-state index >= 15 is 0 Å². The van der Waals surface area contributed by atoms with Crippen LogP contribution in [0.3, 0.4) is 0 Å². The zero-order valence-corrected chi connectivity index (χ0v) is 11.4. The molecule has 5 heteroatoms. The van der Waals surface area contributed by atoms with Crippen LogP contribution in [0.4, 0.5) is 5.69 Å². The van der Waals surface area contributed by atoms with Crippen molar-refractivity contribution in [3.8, 4) is 0 Å². The van der Waals surface area contributed by atoms with Crippen molar-refractivity contribution in [2.75, 3.05) is 31.2 Å². The van der Waals surface area contributed by atoms with Gasteiger partial charge < -0.3 is 9.64 Å². The van der Waals surface area contributed by atoms with Gasteiger partial charge in [-0.05, 0) is 31.2 Å². The minimum Gasteiger partial charge on any atom is -0.378 e. The zero-order chi connectivity index (χ0) is 10.7. The molecule has 0 bridgehead atoms. The number of ether oxygens (including phenoxy) is 1. The largest absolute Gasteiger partial charge is 0.378 e. The van der Waals surface area contributed by atoms with E-state index in [9.17, 15) is 4.79 Å². The molecule has 0 atom stereocenters. The molecule has 3 nitrogen and oxygen atoms in total. The van der Waals surface area contributed by atoms with Crippen LogP contribution < -0.4 is 4.90 Å². The van der Waals surface area contributed by atoms with Gasteiger partial charge in [0.25, 0.3) is 0 Å². The number of carbonyl (C=O) groups is 1. The molecule has 0 saturated carbocycles. The first kappa shape index (κ1) is 16.2. The number of anilines is 1. The number of hydrogen-bond donors (Lipinski definition) is 0. The molecule has 0 radical (unpaired) electrons. The van der Waals surface area contributed by atoms with E-state index in [0.29, 0.717) is 0 Å². The molecule has 17 heavy (non-hydrogen) atoms. The second kappa shape index (κ2) is 7.54. The molecule has 1 heterocycles. The van der Waals surface area contributed by atoms with E-state index in [2.05, 4.69) is 4.90 Å². The summed E-state index contributed by atoms with van der Waals surface area (Å²) in [6.07, 6.45) is 0. The Hall–Kier alpha value is -0.770. The van der Waals surface area contributed by atoms with Crippen LogP contribution in [0.1, 0.15) is 17.3 Å². The Bertz CT molecular complexity index is 348.